The van der Waals surface area contributed by atoms with Crippen LogP contribution in [0.15, 0.2) is 23.1 Å². The molecule has 8 heteroatoms. The first-order valence-electron chi connectivity index (χ1n) is 5.09. The molecule has 1 fully saturated rings. The molecule has 7 nitrogen and oxygen atoms in total. The van der Waals surface area contributed by atoms with Gasteiger partial charge in [0.25, 0.3) is 11.1 Å². The number of nitrogens with zero attached hydrogens (tertiary/aromatic N) is 2. The summed E-state index contributed by atoms with van der Waals surface area (Å²) in [6.07, 6.45) is 1.38. The third-order valence-electron chi connectivity index (χ3n) is 2.48. The summed E-state index contributed by atoms with van der Waals surface area (Å²) in [6.45, 7) is 0. The lowest BCUT2D eigenvalue weighted by atomic mass is 10.1. The number of benzene rings is 1. The molecule has 0 unspecified atom stereocenters. The summed E-state index contributed by atoms with van der Waals surface area (Å²) in [5.74, 6) is -0.906. The lowest BCUT2D eigenvalue weighted by Crippen LogP contribution is -2.22. The average molecular weight is 280 g/mol. The quantitative estimate of drug-likeness (QED) is 0.505. The van der Waals surface area contributed by atoms with E-state index in [0.717, 1.165) is 22.7 Å². The Morgan fingerprint density at radius 1 is 1.42 bits per heavy atom. The topological polar surface area (TPSA) is 101 Å². The van der Waals surface area contributed by atoms with Crippen molar-refractivity contribution in [3.63, 3.8) is 0 Å². The Hall–Kier alpha value is -2.35. The number of hydrogen-bond donors (Lipinski definition) is 1. The Labute approximate surface area is 111 Å². The van der Waals surface area contributed by atoms with Gasteiger partial charge in [-0.1, -0.05) is 6.07 Å². The van der Waals surface area contributed by atoms with Crippen LogP contribution in [0, 0.1) is 10.1 Å². The predicted molar refractivity (Wildman–Crippen MR) is 68.5 cm³/mol. The van der Waals surface area contributed by atoms with Gasteiger partial charge in [-0.15, -0.1) is 0 Å². The molecule has 98 valence electrons. The molecule has 2 amide bonds. The van der Waals surface area contributed by atoms with Crippen LogP contribution in [0.1, 0.15) is 5.56 Å². The monoisotopic (exact) mass is 280 g/mol. The van der Waals surface area contributed by atoms with Gasteiger partial charge in [0.05, 0.1) is 9.83 Å². The van der Waals surface area contributed by atoms with E-state index in [1.54, 1.807) is 0 Å². The smallest absolute Gasteiger partial charge is 0.311 e. The summed E-state index contributed by atoms with van der Waals surface area (Å²) in [5.41, 5.74) is -0.0899. The molecule has 2 rings (SSSR count). The van der Waals surface area contributed by atoms with Gasteiger partial charge in [-0.05, 0) is 29.5 Å². The van der Waals surface area contributed by atoms with Crippen LogP contribution < -0.4 is 0 Å². The zero-order valence-electron chi connectivity index (χ0n) is 9.69. The van der Waals surface area contributed by atoms with Crippen molar-refractivity contribution in [1.82, 2.24) is 4.90 Å². The largest absolute Gasteiger partial charge is 0.502 e. The van der Waals surface area contributed by atoms with E-state index in [1.165, 1.54) is 25.3 Å². The highest BCUT2D eigenvalue weighted by molar-refractivity contribution is 8.18. The lowest BCUT2D eigenvalue weighted by Gasteiger charge is -2.01. The molecule has 0 spiro atoms. The fraction of sp³-hybridized carbons (Fsp3) is 0.0909. The number of carbonyl (C=O) groups is 2. The molecule has 0 radical (unpaired) electrons. The van der Waals surface area contributed by atoms with Crippen molar-refractivity contribution in [2.24, 2.45) is 0 Å². The van der Waals surface area contributed by atoms with Gasteiger partial charge in [0.2, 0.25) is 0 Å². The Morgan fingerprint density at radius 2 is 2.11 bits per heavy atom. The highest BCUT2D eigenvalue weighted by Crippen LogP contribution is 2.33. The highest BCUT2D eigenvalue weighted by Gasteiger charge is 2.31. The number of imide groups is 1. The van der Waals surface area contributed by atoms with E-state index in [0.29, 0.717) is 5.56 Å². The molecule has 1 aliphatic rings. The minimum absolute atomic E-state index is 0.187. The fourth-order valence-corrected chi connectivity index (χ4v) is 2.30. The molecule has 1 heterocycles. The minimum atomic E-state index is -0.724. The number of likely N-dealkylation sites (N-methyl/N-ethyl adjacent to an activating group) is 1. The Bertz CT molecular complexity index is 626. The van der Waals surface area contributed by atoms with E-state index in [1.807, 2.05) is 0 Å². The molecular formula is C11H8N2O5S. The number of nitro benzene ring substituents is 1. The standard InChI is InChI=1S/C11H8N2O5S/c1-12-10(15)9(19-11(12)16)5-6-2-3-8(14)7(4-6)13(17)18/h2-5,14H,1H3/b9-5+. The maximum absolute atomic E-state index is 11.6. The van der Waals surface area contributed by atoms with Crippen LogP contribution in [0.5, 0.6) is 5.75 Å². The summed E-state index contributed by atoms with van der Waals surface area (Å²) in [4.78, 5) is 34.0. The number of phenolic OH excluding ortho intramolecular Hbond substituents is 1. The minimum Gasteiger partial charge on any atom is -0.502 e. The number of thioether (sulfide) groups is 1. The number of nitro groups is 1. The van der Waals surface area contributed by atoms with Crippen LogP contribution in [-0.2, 0) is 4.79 Å². The van der Waals surface area contributed by atoms with Gasteiger partial charge in [-0.3, -0.25) is 24.6 Å². The van der Waals surface area contributed by atoms with Crippen molar-refractivity contribution in [2.45, 2.75) is 0 Å². The van der Waals surface area contributed by atoms with Crippen LogP contribution in [-0.4, -0.2) is 33.1 Å². The number of aromatic hydroxyl groups is 1. The van der Waals surface area contributed by atoms with Crippen molar-refractivity contribution in [2.75, 3.05) is 7.05 Å². The SMILES string of the molecule is CN1C(=O)S/C(=C/c2ccc(O)c([N+](=O)[O-])c2)C1=O. The van der Waals surface area contributed by atoms with Gasteiger partial charge in [0.15, 0.2) is 5.75 Å². The molecule has 1 aromatic rings. The molecule has 0 aliphatic carbocycles. The van der Waals surface area contributed by atoms with Gasteiger partial charge in [0, 0.05) is 13.1 Å². The summed E-state index contributed by atoms with van der Waals surface area (Å²) < 4.78 is 0. The summed E-state index contributed by atoms with van der Waals surface area (Å²) in [5, 5.41) is 19.6. The second kappa shape index (κ2) is 4.73. The first-order chi connectivity index (χ1) is 8.90. The lowest BCUT2D eigenvalue weighted by molar-refractivity contribution is -0.385. The number of carbonyl (C=O) groups excluding carboxylic acids is 2. The maximum Gasteiger partial charge on any atom is 0.311 e. The number of hydrogen-bond acceptors (Lipinski definition) is 6. The van der Waals surface area contributed by atoms with Crippen molar-refractivity contribution in [3.05, 3.63) is 38.8 Å². The Morgan fingerprint density at radius 3 is 2.63 bits per heavy atom. The van der Waals surface area contributed by atoms with Crippen LogP contribution in [0.2, 0.25) is 0 Å². The van der Waals surface area contributed by atoms with Crippen LogP contribution in [0.4, 0.5) is 10.5 Å². The van der Waals surface area contributed by atoms with Crippen LogP contribution in [0.3, 0.4) is 0 Å². The normalized spacial score (nSPS) is 17.3. The third kappa shape index (κ3) is 2.43. The van der Waals surface area contributed by atoms with Gasteiger partial charge >= 0.3 is 5.69 Å². The Balaban J connectivity index is 2.39. The molecule has 1 aromatic carbocycles. The van der Waals surface area contributed by atoms with Crippen molar-refractivity contribution < 1.29 is 19.6 Å². The predicted octanol–water partition coefficient (Wildman–Crippen LogP) is 1.97. The van der Waals surface area contributed by atoms with E-state index in [2.05, 4.69) is 0 Å². The average Bonchev–Trinajstić information content (AvgIpc) is 2.59. The zero-order chi connectivity index (χ0) is 14.2. The second-order valence-electron chi connectivity index (χ2n) is 3.75. The third-order valence-corrected chi connectivity index (χ3v) is 3.44. The molecular weight excluding hydrogens is 272 g/mol. The van der Waals surface area contributed by atoms with E-state index < -0.39 is 27.5 Å². The molecule has 1 N–H and O–H groups in total. The molecule has 1 aliphatic heterocycles. The summed E-state index contributed by atoms with van der Waals surface area (Å²) >= 11 is 0.761. The molecule has 0 bridgehead atoms. The zero-order valence-corrected chi connectivity index (χ0v) is 10.5. The van der Waals surface area contributed by atoms with E-state index in [9.17, 15) is 24.8 Å². The number of amides is 2. The number of rotatable bonds is 2. The molecule has 0 saturated carbocycles. The number of phenols is 1. The summed E-state index contributed by atoms with van der Waals surface area (Å²) in [7, 11) is 1.36. The van der Waals surface area contributed by atoms with E-state index in [4.69, 9.17) is 0 Å². The molecule has 19 heavy (non-hydrogen) atoms. The fourth-order valence-electron chi connectivity index (χ4n) is 1.47. The van der Waals surface area contributed by atoms with E-state index >= 15 is 0 Å². The van der Waals surface area contributed by atoms with Gasteiger partial charge in [-0.25, -0.2) is 0 Å². The highest BCUT2D eigenvalue weighted by atomic mass is 32.2. The first-order valence-corrected chi connectivity index (χ1v) is 5.91. The van der Waals surface area contributed by atoms with Gasteiger partial charge < -0.3 is 5.11 Å². The van der Waals surface area contributed by atoms with Crippen molar-refractivity contribution in [1.29, 1.82) is 0 Å². The van der Waals surface area contributed by atoms with Gasteiger partial charge in [0.1, 0.15) is 0 Å². The van der Waals surface area contributed by atoms with Crippen molar-refractivity contribution >= 4 is 34.7 Å². The van der Waals surface area contributed by atoms with Crippen LogP contribution >= 0.6 is 11.8 Å². The first kappa shape index (κ1) is 13.1. The maximum atomic E-state index is 11.6. The molecule has 1 saturated heterocycles. The van der Waals surface area contributed by atoms with E-state index in [-0.39, 0.29) is 4.91 Å². The molecule has 0 aromatic heterocycles. The van der Waals surface area contributed by atoms with Gasteiger partial charge in [-0.2, -0.15) is 0 Å². The Kier molecular flexibility index (Phi) is 3.26. The van der Waals surface area contributed by atoms with Crippen LogP contribution in [0.25, 0.3) is 6.08 Å². The second-order valence-corrected chi connectivity index (χ2v) is 4.74. The summed E-state index contributed by atoms with van der Waals surface area (Å²) in [6, 6.07) is 3.73. The van der Waals surface area contributed by atoms with Crippen molar-refractivity contribution in [3.8, 4) is 5.75 Å². The molecule has 0 atom stereocenters.